The van der Waals surface area contributed by atoms with E-state index in [-0.39, 0.29) is 62.2 Å². The van der Waals surface area contributed by atoms with E-state index in [1.165, 1.54) is 20.0 Å². The topological polar surface area (TPSA) is 223 Å². The van der Waals surface area contributed by atoms with Gasteiger partial charge in [-0.15, -0.1) is 0 Å². The number of halogens is 2. The first-order valence-corrected chi connectivity index (χ1v) is 29.6. The second kappa shape index (κ2) is 32.7. The molecule has 1 amide bonds. The first kappa shape index (κ1) is 69.3. The van der Waals surface area contributed by atoms with Gasteiger partial charge < -0.3 is 43.5 Å². The Bertz CT molecular complexity index is 3310. The number of aliphatic hydroxyl groups is 2. The number of methoxy groups -OCH3 is 1. The van der Waals surface area contributed by atoms with Gasteiger partial charge in [0.2, 0.25) is 0 Å². The van der Waals surface area contributed by atoms with Crippen LogP contribution in [0.2, 0.25) is 0 Å². The fourth-order valence-electron chi connectivity index (χ4n) is 7.82. The second-order valence-electron chi connectivity index (χ2n) is 22.0. The van der Waals surface area contributed by atoms with Crippen molar-refractivity contribution < 1.29 is 60.9 Å². The summed E-state index contributed by atoms with van der Waals surface area (Å²) >= 11 is 4.58. The number of anilines is 1. The fraction of sp³-hybridized carbons (Fsp3) is 0.371. The van der Waals surface area contributed by atoms with E-state index >= 15 is 0 Å². The number of carbonyl (C=O) groups is 2. The van der Waals surface area contributed by atoms with Crippen molar-refractivity contribution in [1.82, 2.24) is 30.2 Å². The van der Waals surface area contributed by atoms with Crippen LogP contribution in [0.4, 0.5) is 5.82 Å². The van der Waals surface area contributed by atoms with Gasteiger partial charge in [-0.1, -0.05) is 12.1 Å². The standard InChI is InChI=1S/C25H25N5O2.C11H8BrNO2.C10H8BrNO.C4H8O.3C4H9O.Al.Li.H/c1-15-7-24(26)30-16(2)22(15)13-29-25(32)19-5-6-27-21(11-19)10-17-3-4-23-20(8-17)9-18(14-31)12-28-23;1-15-11(14)7-2-3-10-8(4-7)5-9(12)6-13-10;11-9-4-8-3-7(6-13)1-2-10(8)12-5-9;1-2-4-5-3-1;3*1-4(2,3)5;;;/h3-9,11-12,31H,10,13-14H2,1-2H3,(H2,26,30)(H,29,32);2-6H,1H3;1-5,13H,6H2;1-4H2;3*1-3H3;;;/q;;;;3*-1;+3;+1;-1. The van der Waals surface area contributed by atoms with Gasteiger partial charge in [-0.25, -0.2) is 9.78 Å². The molecule has 82 heavy (non-hydrogen) atoms. The first-order valence-electron chi connectivity index (χ1n) is 26.6. The van der Waals surface area contributed by atoms with Crippen LogP contribution in [0.5, 0.6) is 0 Å². The Morgan fingerprint density at radius 1 is 0.659 bits per heavy atom. The van der Waals surface area contributed by atoms with Crippen LogP contribution in [0.3, 0.4) is 0 Å². The minimum atomic E-state index is -2.11. The molecule has 0 spiro atoms. The largest absolute Gasteiger partial charge is 1.00 e. The number of hydrogen-bond acceptors (Lipinski definition) is 15. The molecule has 9 rings (SSSR count). The Morgan fingerprint density at radius 3 is 1.67 bits per heavy atom. The number of fused-ring (bicyclic) bond motifs is 3. The molecule has 16 nitrogen and oxygen atoms in total. The van der Waals surface area contributed by atoms with E-state index in [4.69, 9.17) is 26.9 Å². The molecule has 0 bridgehead atoms. The van der Waals surface area contributed by atoms with E-state index < -0.39 is 15.1 Å². The Kier molecular flexibility index (Phi) is 27.7. The Balaban J connectivity index is 0.000000300. The smallest absolute Gasteiger partial charge is 1.00 e. The molecule has 5 aromatic heterocycles. The van der Waals surface area contributed by atoms with Gasteiger partial charge in [-0.2, -0.15) is 0 Å². The van der Waals surface area contributed by atoms with Crippen molar-refractivity contribution in [2.45, 2.75) is 132 Å². The number of pyridine rings is 5. The Hall–Kier alpha value is -5.22. The summed E-state index contributed by atoms with van der Waals surface area (Å²) in [7, 11) is 1.37. The molecule has 1 aliphatic heterocycles. The number of aliphatic hydroxyl groups excluding tert-OH is 2. The summed E-state index contributed by atoms with van der Waals surface area (Å²) in [5.74, 6) is -0.0256. The van der Waals surface area contributed by atoms with Crippen molar-refractivity contribution in [1.29, 1.82) is 0 Å². The van der Waals surface area contributed by atoms with Crippen LogP contribution < -0.4 is 29.9 Å². The molecule has 1 aliphatic rings. The van der Waals surface area contributed by atoms with Crippen molar-refractivity contribution in [3.05, 3.63) is 175 Å². The average Bonchev–Trinajstić information content (AvgIpc) is 4.11. The number of aryl methyl sites for hydroxylation is 2. The molecule has 432 valence electrons. The molecule has 0 atom stereocenters. The maximum atomic E-state index is 12.7. The van der Waals surface area contributed by atoms with Crippen LogP contribution in [0.25, 0.3) is 32.7 Å². The number of benzene rings is 3. The molecule has 0 unspecified atom stereocenters. The minimum absolute atomic E-state index is 0. The Labute approximate surface area is 518 Å². The number of nitrogens with one attached hydrogen (secondary N) is 1. The number of amides is 1. The summed E-state index contributed by atoms with van der Waals surface area (Å²) in [5, 5.41) is 24.2. The fourth-order valence-corrected chi connectivity index (χ4v) is 10.4. The molecule has 1 fully saturated rings. The zero-order valence-electron chi connectivity index (χ0n) is 50.5. The van der Waals surface area contributed by atoms with E-state index in [9.17, 15) is 14.7 Å². The molecular weight excluding hydrogens is 1180 g/mol. The van der Waals surface area contributed by atoms with Crippen molar-refractivity contribution in [2.75, 3.05) is 26.1 Å². The number of esters is 1. The third kappa shape index (κ3) is 24.2. The summed E-state index contributed by atoms with van der Waals surface area (Å²) in [6.07, 6.45) is 9.95. The summed E-state index contributed by atoms with van der Waals surface area (Å²) < 4.78 is 29.1. The summed E-state index contributed by atoms with van der Waals surface area (Å²) in [6.45, 7) is 24.4. The molecule has 5 N–H and O–H groups in total. The van der Waals surface area contributed by atoms with Gasteiger partial charge in [0.05, 0.1) is 42.4 Å². The SMILES string of the molecule is C1CCOC1.CC(C)(C)[O][Al]([O]C(C)(C)C)[O]C(C)(C)C.COC(=O)c1ccc2ncc(Br)cc2c1.Cc1cc(N)nc(C)c1CNC(=O)c1ccnc(Cc2ccc3ncc(CO)cc3c2)c1.OCc1ccc2ncc(Br)cc2c1.[H-].[Li+]. The monoisotopic (exact) mass is 1260 g/mol. The third-order valence-corrected chi connectivity index (χ3v) is 15.2. The van der Waals surface area contributed by atoms with E-state index in [1.54, 1.807) is 49.1 Å². The minimum Gasteiger partial charge on any atom is -1.00 e. The summed E-state index contributed by atoms with van der Waals surface area (Å²) in [5.41, 5.74) is 15.2. The zero-order chi connectivity index (χ0) is 59.5. The molecule has 8 aromatic rings. The predicted molar refractivity (Wildman–Crippen MR) is 330 cm³/mol. The van der Waals surface area contributed by atoms with Crippen LogP contribution in [-0.2, 0) is 47.0 Å². The Morgan fingerprint density at radius 2 is 1.16 bits per heavy atom. The first-order chi connectivity index (χ1) is 38.2. The van der Waals surface area contributed by atoms with Gasteiger partial charge in [0.15, 0.2) is 0 Å². The van der Waals surface area contributed by atoms with Crippen molar-refractivity contribution >= 4 is 97.4 Å². The summed E-state index contributed by atoms with van der Waals surface area (Å²) in [6, 6.07) is 28.1. The number of nitrogens with two attached hydrogens (primary N) is 1. The molecule has 3 aromatic carbocycles. The van der Waals surface area contributed by atoms with Crippen molar-refractivity contribution in [3.8, 4) is 0 Å². The average molecular weight is 1260 g/mol. The molecule has 6 heterocycles. The molecule has 0 aliphatic carbocycles. The van der Waals surface area contributed by atoms with Gasteiger partial charge in [0.25, 0.3) is 5.91 Å². The number of carbonyl (C=O) groups excluding carboxylic acids is 2. The van der Waals surface area contributed by atoms with Crippen LogP contribution >= 0.6 is 31.9 Å². The van der Waals surface area contributed by atoms with Gasteiger partial charge in [0.1, 0.15) is 5.82 Å². The van der Waals surface area contributed by atoms with Crippen molar-refractivity contribution in [3.63, 3.8) is 0 Å². The zero-order valence-corrected chi connectivity index (χ0v) is 53.9. The molecule has 20 heteroatoms. The van der Waals surface area contributed by atoms with E-state index in [0.29, 0.717) is 29.9 Å². The predicted octanol–water partition coefficient (Wildman–Crippen LogP) is 9.84. The van der Waals surface area contributed by atoms with Gasteiger partial charge in [0, 0.05) is 110 Å². The molecule has 0 radical (unpaired) electrons. The number of aromatic nitrogens is 5. The summed E-state index contributed by atoms with van der Waals surface area (Å²) in [4.78, 5) is 45.5. The van der Waals surface area contributed by atoms with Gasteiger partial charge in [-0.3, -0.25) is 24.7 Å². The normalized spacial score (nSPS) is 12.0. The van der Waals surface area contributed by atoms with Gasteiger partial charge in [-0.05, 0) is 228 Å². The second-order valence-corrected chi connectivity index (χ2v) is 25.2. The van der Waals surface area contributed by atoms with Crippen LogP contribution in [0, 0.1) is 13.8 Å². The van der Waals surface area contributed by atoms with Crippen LogP contribution in [0.1, 0.15) is 137 Å². The molecule has 1 saturated heterocycles. The van der Waals surface area contributed by atoms with Crippen LogP contribution in [-0.4, -0.2) is 99.3 Å². The maximum absolute atomic E-state index is 12.7. The molecular formula is C62H77AlBr2LiN7O9. The number of rotatable bonds is 11. The van der Waals surface area contributed by atoms with Crippen molar-refractivity contribution in [2.24, 2.45) is 0 Å². The third-order valence-electron chi connectivity index (χ3n) is 11.6. The number of nitrogen functional groups attached to an aromatic ring is 1. The van der Waals surface area contributed by atoms with E-state index in [0.717, 1.165) is 94.1 Å². The van der Waals surface area contributed by atoms with E-state index in [2.05, 4.69) is 66.8 Å². The van der Waals surface area contributed by atoms with Gasteiger partial charge >= 0.3 is 40.0 Å². The number of nitrogens with zero attached hydrogens (tertiary/aromatic N) is 5. The molecule has 0 saturated carbocycles. The maximum Gasteiger partial charge on any atom is 1.00 e. The quantitative estimate of drug-likeness (QED) is 0.0699. The van der Waals surface area contributed by atoms with E-state index in [1.807, 2.05) is 143 Å². The number of hydrogen-bond donors (Lipinski definition) is 4. The number of ether oxygens (including phenoxy) is 2. The van der Waals surface area contributed by atoms with Crippen LogP contribution in [0.15, 0.2) is 125 Å².